The molecule has 1 aliphatic heterocycles. The van der Waals surface area contributed by atoms with E-state index in [0.717, 1.165) is 0 Å². The molecule has 3 nitrogen and oxygen atoms in total. The lowest BCUT2D eigenvalue weighted by Crippen LogP contribution is -2.69. The first-order valence-corrected chi connectivity index (χ1v) is 15.5. The van der Waals surface area contributed by atoms with Gasteiger partial charge in [0.25, 0.3) is 8.32 Å². The highest BCUT2D eigenvalue weighted by Crippen LogP contribution is 2.36. The quantitative estimate of drug-likeness (QED) is 0.222. The van der Waals surface area contributed by atoms with Gasteiger partial charge in [-0.3, -0.25) is 0 Å². The SMILES string of the molecule is CC(C)(C)c1ccc(S/C=C2/COCC2NO[Si](c2ccccc2)(c2ccccc2)C(C)(C)C)cc1. The molecule has 4 rings (SSSR count). The summed E-state index contributed by atoms with van der Waals surface area (Å²) >= 11 is 1.75. The number of benzene rings is 3. The van der Waals surface area contributed by atoms with E-state index >= 15 is 0 Å². The van der Waals surface area contributed by atoms with E-state index in [2.05, 4.69) is 137 Å². The lowest BCUT2D eigenvalue weighted by Gasteiger charge is -2.42. The zero-order chi connectivity index (χ0) is 25.8. The van der Waals surface area contributed by atoms with Gasteiger partial charge < -0.3 is 9.26 Å². The first-order chi connectivity index (χ1) is 17.1. The standard InChI is InChI=1S/C31H39NO2SSi/c1-30(2,3)25-17-19-26(20-18-25)35-23-24-21-33-22-29(24)32-34-36(31(4,5)6,27-13-9-7-10-14-27)28-15-11-8-12-16-28/h7-20,23,29,32H,21-22H2,1-6H3/b24-23-. The van der Waals surface area contributed by atoms with Crippen LogP contribution in [-0.2, 0) is 14.7 Å². The smallest absolute Gasteiger partial charge is 0.287 e. The molecule has 3 aromatic rings. The number of thioether (sulfide) groups is 1. The van der Waals surface area contributed by atoms with Crippen molar-refractivity contribution in [3.05, 3.63) is 101 Å². The summed E-state index contributed by atoms with van der Waals surface area (Å²) in [4.78, 5) is 1.23. The van der Waals surface area contributed by atoms with E-state index in [9.17, 15) is 0 Å². The Bertz CT molecular complexity index is 1110. The maximum atomic E-state index is 6.94. The fourth-order valence-corrected chi connectivity index (χ4v) is 9.78. The molecular weight excluding hydrogens is 478 g/mol. The number of ether oxygens (including phenoxy) is 1. The molecule has 0 aliphatic carbocycles. The van der Waals surface area contributed by atoms with Gasteiger partial charge in [-0.15, -0.1) is 0 Å². The molecule has 0 radical (unpaired) electrons. The van der Waals surface area contributed by atoms with E-state index in [1.165, 1.54) is 26.4 Å². The van der Waals surface area contributed by atoms with Crippen LogP contribution in [0.25, 0.3) is 0 Å². The second kappa shape index (κ2) is 11.1. The Hall–Kier alpha value is -2.15. The van der Waals surface area contributed by atoms with Crippen molar-refractivity contribution in [1.82, 2.24) is 5.48 Å². The van der Waals surface area contributed by atoms with Gasteiger partial charge in [-0.1, -0.05) is 126 Å². The van der Waals surface area contributed by atoms with Crippen LogP contribution in [0.4, 0.5) is 0 Å². The molecular formula is C31H39NO2SSi. The molecule has 0 spiro atoms. The van der Waals surface area contributed by atoms with Gasteiger partial charge in [-0.2, -0.15) is 0 Å². The second-order valence-electron chi connectivity index (χ2n) is 11.5. The van der Waals surface area contributed by atoms with Crippen molar-refractivity contribution in [2.24, 2.45) is 0 Å². The summed E-state index contributed by atoms with van der Waals surface area (Å²) in [5.41, 5.74) is 6.23. The van der Waals surface area contributed by atoms with Gasteiger partial charge in [0.05, 0.1) is 19.3 Å². The van der Waals surface area contributed by atoms with Crippen molar-refractivity contribution in [2.75, 3.05) is 13.2 Å². The summed E-state index contributed by atoms with van der Waals surface area (Å²) in [6, 6.07) is 30.3. The Labute approximate surface area is 222 Å². The van der Waals surface area contributed by atoms with E-state index in [1.807, 2.05) is 0 Å². The molecule has 1 aliphatic rings. The molecule has 1 fully saturated rings. The number of hydrogen-bond donors (Lipinski definition) is 1. The topological polar surface area (TPSA) is 30.5 Å². The van der Waals surface area contributed by atoms with Crippen molar-refractivity contribution >= 4 is 30.5 Å². The van der Waals surface area contributed by atoms with E-state index in [1.54, 1.807) is 11.8 Å². The molecule has 0 saturated carbocycles. The van der Waals surface area contributed by atoms with Gasteiger partial charge in [-0.05, 0) is 49.5 Å². The third kappa shape index (κ3) is 5.87. The molecule has 1 atom stereocenters. The van der Waals surface area contributed by atoms with Gasteiger partial charge in [0, 0.05) is 4.90 Å². The van der Waals surface area contributed by atoms with Crippen LogP contribution in [0, 0.1) is 0 Å². The number of rotatable bonds is 7. The van der Waals surface area contributed by atoms with E-state index in [4.69, 9.17) is 9.26 Å². The van der Waals surface area contributed by atoms with Gasteiger partial charge in [0.1, 0.15) is 0 Å². The Morgan fingerprint density at radius 1 is 0.833 bits per heavy atom. The molecule has 3 aromatic carbocycles. The van der Waals surface area contributed by atoms with Crippen LogP contribution in [0.2, 0.25) is 5.04 Å². The predicted molar refractivity (Wildman–Crippen MR) is 156 cm³/mol. The van der Waals surface area contributed by atoms with Crippen molar-refractivity contribution < 1.29 is 9.26 Å². The van der Waals surface area contributed by atoms with Crippen molar-refractivity contribution in [3.8, 4) is 0 Å². The van der Waals surface area contributed by atoms with Gasteiger partial charge in [0.2, 0.25) is 0 Å². The summed E-state index contributed by atoms with van der Waals surface area (Å²) in [6.45, 7) is 14.8. The van der Waals surface area contributed by atoms with Crippen molar-refractivity contribution in [2.45, 2.75) is 62.9 Å². The van der Waals surface area contributed by atoms with Crippen LogP contribution in [0.15, 0.2) is 101 Å². The molecule has 5 heteroatoms. The van der Waals surface area contributed by atoms with Crippen LogP contribution in [0.1, 0.15) is 47.1 Å². The second-order valence-corrected chi connectivity index (χ2v) is 16.7. The van der Waals surface area contributed by atoms with Crippen LogP contribution in [0.5, 0.6) is 0 Å². The van der Waals surface area contributed by atoms with Crippen LogP contribution < -0.4 is 15.9 Å². The number of hydrogen-bond acceptors (Lipinski definition) is 4. The lowest BCUT2D eigenvalue weighted by molar-refractivity contribution is 0.124. The summed E-state index contributed by atoms with van der Waals surface area (Å²) in [6.07, 6.45) is 0. The fourth-order valence-electron chi connectivity index (χ4n) is 4.71. The van der Waals surface area contributed by atoms with E-state index in [-0.39, 0.29) is 16.5 Å². The van der Waals surface area contributed by atoms with Crippen LogP contribution in [-0.4, -0.2) is 27.6 Å². The highest BCUT2D eigenvalue weighted by atomic mass is 32.2. The fraction of sp³-hybridized carbons (Fsp3) is 0.355. The minimum absolute atomic E-state index is 0.0213. The minimum Gasteiger partial charge on any atom is -0.375 e. The highest BCUT2D eigenvalue weighted by Gasteiger charge is 2.51. The number of nitrogens with one attached hydrogen (secondary N) is 1. The zero-order valence-corrected chi connectivity index (χ0v) is 24.2. The van der Waals surface area contributed by atoms with Gasteiger partial charge in [0.15, 0.2) is 0 Å². The zero-order valence-electron chi connectivity index (χ0n) is 22.4. The van der Waals surface area contributed by atoms with Gasteiger partial charge >= 0.3 is 0 Å². The van der Waals surface area contributed by atoms with Gasteiger partial charge in [-0.25, -0.2) is 5.48 Å². The monoisotopic (exact) mass is 517 g/mol. The molecule has 1 saturated heterocycles. The normalized spacial score (nSPS) is 18.1. The van der Waals surface area contributed by atoms with Crippen molar-refractivity contribution in [3.63, 3.8) is 0 Å². The average molecular weight is 518 g/mol. The third-order valence-electron chi connectivity index (χ3n) is 6.84. The summed E-state index contributed by atoms with van der Waals surface area (Å²) < 4.78 is 12.8. The molecule has 0 amide bonds. The largest absolute Gasteiger partial charge is 0.375 e. The van der Waals surface area contributed by atoms with E-state index < -0.39 is 8.32 Å². The maximum absolute atomic E-state index is 6.94. The molecule has 1 unspecified atom stereocenters. The maximum Gasteiger partial charge on any atom is 0.287 e. The molecule has 190 valence electrons. The summed E-state index contributed by atoms with van der Waals surface area (Å²) in [5.74, 6) is 0. The highest BCUT2D eigenvalue weighted by molar-refractivity contribution is 8.02. The Morgan fingerprint density at radius 3 is 1.89 bits per heavy atom. The third-order valence-corrected chi connectivity index (χ3v) is 12.6. The van der Waals surface area contributed by atoms with E-state index in [0.29, 0.717) is 13.2 Å². The summed E-state index contributed by atoms with van der Waals surface area (Å²) in [5, 5.41) is 4.66. The Kier molecular flexibility index (Phi) is 8.27. The molecule has 0 bridgehead atoms. The predicted octanol–water partition coefficient (Wildman–Crippen LogP) is 6.44. The minimum atomic E-state index is -2.66. The van der Waals surface area contributed by atoms with Crippen molar-refractivity contribution in [1.29, 1.82) is 0 Å². The molecule has 1 N–H and O–H groups in total. The molecule has 1 heterocycles. The van der Waals surface area contributed by atoms with Crippen LogP contribution >= 0.6 is 11.8 Å². The lowest BCUT2D eigenvalue weighted by atomic mass is 9.87. The molecule has 36 heavy (non-hydrogen) atoms. The first-order valence-electron chi connectivity index (χ1n) is 12.7. The summed E-state index contributed by atoms with van der Waals surface area (Å²) in [7, 11) is -2.66. The average Bonchev–Trinajstić information content (AvgIpc) is 3.31. The van der Waals surface area contributed by atoms with Crippen LogP contribution in [0.3, 0.4) is 0 Å². The molecule has 0 aromatic heterocycles. The Morgan fingerprint density at radius 2 is 1.39 bits per heavy atom. The Balaban J connectivity index is 1.57. The first kappa shape index (κ1) is 26.9. The number of hydroxylamine groups is 1.